The molecule has 0 radical (unpaired) electrons. The van der Waals surface area contributed by atoms with Crippen LogP contribution in [0.4, 0.5) is 0 Å². The number of aliphatic hydroxyl groups is 7. The lowest BCUT2D eigenvalue weighted by atomic mass is 9.50. The molecule has 0 aromatic carbocycles. The van der Waals surface area contributed by atoms with Gasteiger partial charge in [-0.05, 0) is 111 Å². The maximum atomic E-state index is 12.3. The second-order valence-corrected chi connectivity index (χ2v) is 24.3. The number of ether oxygens (including phenoxy) is 6. The SMILES string of the molecule is CC(C)C1=C2[C@H]3CC=C4[C@@H]5[C@H](O[C@H]6OC[C@@](O)([C@@H](O)[C@@]65O)[C@H]4O)[C@]3(C)CC[C@@]2(C)CC1.CCO[C@H]1C[C@H]2[C@@](C)(CC[C@@]3(C)CC[C@]4(C(C)C)O[C@]234)[C@@H](O[C@@H]2OC[C@@H](O)[C@H](O)[C@H]2O)C=C1C=O. The highest BCUT2D eigenvalue weighted by molar-refractivity contribution is 5.75. The Hall–Kier alpha value is -1.63. The van der Waals surface area contributed by atoms with Crippen molar-refractivity contribution in [2.45, 2.75) is 210 Å². The van der Waals surface area contributed by atoms with Crippen molar-refractivity contribution in [2.75, 3.05) is 19.8 Å². The van der Waals surface area contributed by atoms with Gasteiger partial charge in [-0.2, -0.15) is 0 Å². The van der Waals surface area contributed by atoms with Gasteiger partial charge in [-0.3, -0.25) is 4.79 Å². The van der Waals surface area contributed by atoms with Crippen LogP contribution in [0.15, 0.2) is 34.4 Å². The highest BCUT2D eigenvalue weighted by atomic mass is 16.7. The number of fused-ring (bicyclic) bond motifs is 6. The molecule has 0 aromatic heterocycles. The Kier molecular flexibility index (Phi) is 11.4. The van der Waals surface area contributed by atoms with Gasteiger partial charge in [0.25, 0.3) is 0 Å². The normalized spacial score (nSPS) is 55.3. The van der Waals surface area contributed by atoms with Crippen molar-refractivity contribution in [3.8, 4) is 0 Å². The number of aliphatic hydroxyl groups excluding tert-OH is 5. The predicted octanol–water partition coefficient (Wildman–Crippen LogP) is 4.18. The zero-order chi connectivity index (χ0) is 47.5. The van der Waals surface area contributed by atoms with Gasteiger partial charge < -0.3 is 64.2 Å². The summed E-state index contributed by atoms with van der Waals surface area (Å²) in [4.78, 5) is 12.3. The maximum absolute atomic E-state index is 12.3. The molecule has 8 fully saturated rings. The summed E-state index contributed by atoms with van der Waals surface area (Å²) in [5, 5.41) is 75.8. The van der Waals surface area contributed by atoms with Crippen LogP contribution < -0.4 is 0 Å². The van der Waals surface area contributed by atoms with E-state index in [0.29, 0.717) is 36.0 Å². The second kappa shape index (κ2) is 15.7. The number of carbonyl (C=O) groups is 1. The van der Waals surface area contributed by atoms with E-state index in [2.05, 4.69) is 55.4 Å². The summed E-state index contributed by atoms with van der Waals surface area (Å²) in [5.41, 5.74) is -0.365. The standard InChI is InChI=1S/C27H42O8.C25H36O6/c1-6-32-18-12-19-25(5,9-7-24(4)8-10-26(15(2)3)27(19,24)35-26)20(11-16(18)13-28)34-23-22(31)21(30)17(29)14-33-23;1-12(2)13-7-8-22(3)9-10-23(4)15(16(13)22)6-5-14-17-19(23)31-21-25(17,29)20(27)24(28,11-30-21)18(14)26/h11,13,15,17-23,29-31H,6-10,12,14H2,1-5H3;5,12,15,17-21,26-29H,6-11H2,1-4H3/t17-,18+,19+,20+,21+,22-,23+,24+,25-,26-,27-;15-,17-,18+,19+,20-,21-,22-,23-,24+,25-/m11/s1. The molecule has 21 atom stereocenters. The summed E-state index contributed by atoms with van der Waals surface area (Å²) in [5.74, 6) is 0.566. The molecule has 1 spiro atoms. The third kappa shape index (κ3) is 6.09. The average Bonchev–Trinajstić information content (AvgIpc) is 3.63. The fraction of sp³-hybridized carbons (Fsp3) is 0.865. The van der Waals surface area contributed by atoms with Crippen LogP contribution in [0.25, 0.3) is 0 Å². The molecule has 4 saturated carbocycles. The van der Waals surface area contributed by atoms with Crippen LogP contribution in [0.2, 0.25) is 0 Å². The molecule has 0 amide bonds. The third-order valence-electron chi connectivity index (χ3n) is 20.6. The molecule has 11 aliphatic rings. The first-order chi connectivity index (χ1) is 31.0. The summed E-state index contributed by atoms with van der Waals surface area (Å²) in [7, 11) is 0. The van der Waals surface area contributed by atoms with Gasteiger partial charge in [-0.25, -0.2) is 0 Å². The minimum atomic E-state index is -1.92. The van der Waals surface area contributed by atoms with Crippen LogP contribution in [0.1, 0.15) is 127 Å². The highest BCUT2D eigenvalue weighted by Crippen LogP contribution is 2.80. The van der Waals surface area contributed by atoms with E-state index in [4.69, 9.17) is 28.4 Å². The van der Waals surface area contributed by atoms with Gasteiger partial charge >= 0.3 is 0 Å². The predicted molar refractivity (Wildman–Crippen MR) is 239 cm³/mol. The van der Waals surface area contributed by atoms with Crippen molar-refractivity contribution in [1.29, 1.82) is 0 Å². The molecular formula is C52H78O14. The molecule has 14 nitrogen and oxygen atoms in total. The molecule has 66 heavy (non-hydrogen) atoms. The second-order valence-electron chi connectivity index (χ2n) is 24.3. The van der Waals surface area contributed by atoms with E-state index in [0.717, 1.165) is 57.7 Å². The minimum Gasteiger partial charge on any atom is -0.388 e. The van der Waals surface area contributed by atoms with E-state index in [9.17, 15) is 40.5 Å². The number of hydrogen-bond donors (Lipinski definition) is 7. The number of carbonyl (C=O) groups excluding carboxylic acids is 1. The molecule has 370 valence electrons. The minimum absolute atomic E-state index is 0.0373. The molecule has 0 aromatic rings. The summed E-state index contributed by atoms with van der Waals surface area (Å²) in [6.07, 6.45) is 4.33. The first kappa shape index (κ1) is 48.0. The number of allylic oxidation sites excluding steroid dienone is 3. The largest absolute Gasteiger partial charge is 0.388 e. The fourth-order valence-electron chi connectivity index (χ4n) is 16.6. The Morgan fingerprint density at radius 3 is 2.27 bits per heavy atom. The van der Waals surface area contributed by atoms with Crippen LogP contribution in [-0.2, 0) is 33.2 Å². The smallest absolute Gasteiger partial charge is 0.190 e. The van der Waals surface area contributed by atoms with Crippen LogP contribution in [-0.4, -0.2) is 146 Å². The molecule has 7 aliphatic carbocycles. The number of rotatable bonds is 7. The Morgan fingerprint density at radius 1 is 0.894 bits per heavy atom. The summed E-state index contributed by atoms with van der Waals surface area (Å²) in [6.45, 7) is 20.3. The van der Waals surface area contributed by atoms with Crippen LogP contribution in [0.3, 0.4) is 0 Å². The van der Waals surface area contributed by atoms with Gasteiger partial charge in [0.05, 0.1) is 31.5 Å². The maximum Gasteiger partial charge on any atom is 0.190 e. The van der Waals surface area contributed by atoms with E-state index in [-0.39, 0.29) is 64.7 Å². The third-order valence-corrected chi connectivity index (χ3v) is 20.6. The average molecular weight is 927 g/mol. The molecule has 4 aliphatic heterocycles. The highest BCUT2D eigenvalue weighted by Gasteiger charge is 2.87. The van der Waals surface area contributed by atoms with Crippen molar-refractivity contribution in [2.24, 2.45) is 51.2 Å². The van der Waals surface area contributed by atoms with Crippen molar-refractivity contribution >= 4 is 6.29 Å². The fourth-order valence-corrected chi connectivity index (χ4v) is 16.6. The lowest BCUT2D eigenvalue weighted by molar-refractivity contribution is -0.341. The molecule has 7 N–H and O–H groups in total. The van der Waals surface area contributed by atoms with Crippen LogP contribution in [0, 0.1) is 51.2 Å². The lowest BCUT2D eigenvalue weighted by Gasteiger charge is -2.56. The van der Waals surface area contributed by atoms with E-state index >= 15 is 0 Å². The van der Waals surface area contributed by atoms with Crippen molar-refractivity contribution < 1.29 is 69.0 Å². The van der Waals surface area contributed by atoms with Crippen molar-refractivity contribution in [3.05, 3.63) is 34.4 Å². The lowest BCUT2D eigenvalue weighted by Crippen LogP contribution is -2.77. The molecule has 4 saturated heterocycles. The Bertz CT molecular complexity index is 2050. The van der Waals surface area contributed by atoms with Crippen LogP contribution in [0.5, 0.6) is 0 Å². The first-order valence-corrected chi connectivity index (χ1v) is 25.3. The zero-order valence-corrected chi connectivity index (χ0v) is 40.6. The van der Waals surface area contributed by atoms with Gasteiger partial charge in [0.1, 0.15) is 53.6 Å². The van der Waals surface area contributed by atoms with Crippen molar-refractivity contribution in [3.63, 3.8) is 0 Å². The Labute approximate surface area is 390 Å². The van der Waals surface area contributed by atoms with Gasteiger partial charge in [0, 0.05) is 34.8 Å². The van der Waals surface area contributed by atoms with E-state index in [1.807, 2.05) is 19.1 Å². The van der Waals surface area contributed by atoms with Gasteiger partial charge in [-0.1, -0.05) is 72.6 Å². The quantitative estimate of drug-likeness (QED) is 0.108. The Morgan fingerprint density at radius 2 is 1.61 bits per heavy atom. The number of epoxide rings is 1. The van der Waals surface area contributed by atoms with Gasteiger partial charge in [0.2, 0.25) is 0 Å². The molecule has 11 rings (SSSR count). The number of aldehydes is 1. The summed E-state index contributed by atoms with van der Waals surface area (Å²) >= 11 is 0. The van der Waals surface area contributed by atoms with E-state index < -0.39 is 71.7 Å². The first-order valence-electron chi connectivity index (χ1n) is 25.3. The molecule has 0 unspecified atom stereocenters. The van der Waals surface area contributed by atoms with Crippen LogP contribution >= 0.6 is 0 Å². The van der Waals surface area contributed by atoms with Gasteiger partial charge in [0.15, 0.2) is 18.2 Å². The van der Waals surface area contributed by atoms with E-state index in [1.165, 1.54) is 6.42 Å². The summed E-state index contributed by atoms with van der Waals surface area (Å²) < 4.78 is 37.3. The topological polar surface area (TPSA) is 217 Å². The molecule has 4 heterocycles. The Balaban J connectivity index is 0.000000156. The zero-order valence-electron chi connectivity index (χ0n) is 40.6. The summed E-state index contributed by atoms with van der Waals surface area (Å²) in [6, 6.07) is 0. The monoisotopic (exact) mass is 927 g/mol. The van der Waals surface area contributed by atoms with E-state index in [1.54, 1.807) is 11.1 Å². The van der Waals surface area contributed by atoms with Crippen molar-refractivity contribution in [1.82, 2.24) is 0 Å². The molecular weight excluding hydrogens is 849 g/mol. The number of hydrogen-bond acceptors (Lipinski definition) is 14. The van der Waals surface area contributed by atoms with Gasteiger partial charge in [-0.15, -0.1) is 0 Å². The molecule has 2 bridgehead atoms. The molecule has 14 heteroatoms.